The first-order valence-corrected chi connectivity index (χ1v) is 10.7. The van der Waals surface area contributed by atoms with E-state index in [1.807, 2.05) is 30.0 Å². The molecule has 1 N–H and O–H groups in total. The van der Waals surface area contributed by atoms with Crippen LogP contribution in [0.3, 0.4) is 0 Å². The molecule has 0 radical (unpaired) electrons. The van der Waals surface area contributed by atoms with Gasteiger partial charge in [-0.15, -0.1) is 0 Å². The molecule has 2 aromatic rings. The van der Waals surface area contributed by atoms with Crippen molar-refractivity contribution < 1.29 is 14.3 Å². The van der Waals surface area contributed by atoms with Gasteiger partial charge in [0.15, 0.2) is 0 Å². The number of hydrogen-bond acceptors (Lipinski definition) is 4. The van der Waals surface area contributed by atoms with Gasteiger partial charge in [0.1, 0.15) is 5.75 Å². The van der Waals surface area contributed by atoms with Crippen molar-refractivity contribution in [2.45, 2.75) is 38.4 Å². The number of anilines is 1. The Balaban J connectivity index is 1.37. The maximum absolute atomic E-state index is 12.7. The Hall–Kier alpha value is -2.57. The second kappa shape index (κ2) is 9.49. The minimum absolute atomic E-state index is 0.0360. The fraction of sp³-hybridized carbons (Fsp3) is 0.458. The van der Waals surface area contributed by atoms with Crippen molar-refractivity contribution in [3.8, 4) is 5.75 Å². The second-order valence-electron chi connectivity index (χ2n) is 8.17. The summed E-state index contributed by atoms with van der Waals surface area (Å²) < 4.78 is 10.8. The van der Waals surface area contributed by atoms with Crippen LogP contribution in [0.2, 0.25) is 0 Å². The lowest BCUT2D eigenvalue weighted by Crippen LogP contribution is -2.64. The van der Waals surface area contributed by atoms with Crippen LogP contribution in [0.4, 0.5) is 10.5 Å². The largest absolute Gasteiger partial charge is 0.497 e. The predicted octanol–water partition coefficient (Wildman–Crippen LogP) is 3.90. The van der Waals surface area contributed by atoms with Gasteiger partial charge < -0.3 is 19.7 Å². The highest BCUT2D eigenvalue weighted by molar-refractivity contribution is 5.90. The number of likely N-dealkylation sites (tertiary alicyclic amines) is 1. The zero-order valence-corrected chi connectivity index (χ0v) is 17.8. The number of amides is 2. The monoisotopic (exact) mass is 409 g/mol. The lowest BCUT2D eigenvalue weighted by molar-refractivity contribution is -0.0223. The maximum Gasteiger partial charge on any atom is 0.321 e. The van der Waals surface area contributed by atoms with E-state index < -0.39 is 0 Å². The molecule has 0 spiro atoms. The maximum atomic E-state index is 12.7. The Morgan fingerprint density at radius 3 is 2.53 bits per heavy atom. The van der Waals surface area contributed by atoms with E-state index in [1.54, 1.807) is 7.11 Å². The van der Waals surface area contributed by atoms with E-state index in [0.717, 1.165) is 62.7 Å². The summed E-state index contributed by atoms with van der Waals surface area (Å²) in [5.41, 5.74) is 3.14. The van der Waals surface area contributed by atoms with Gasteiger partial charge in [-0.25, -0.2) is 4.79 Å². The summed E-state index contributed by atoms with van der Waals surface area (Å²) in [7, 11) is 1.65. The average Bonchev–Trinajstić information content (AvgIpc) is 2.75. The molecular formula is C24H31N3O3. The number of nitrogens with one attached hydrogen (secondary N) is 1. The molecule has 2 heterocycles. The number of urea groups is 1. The van der Waals surface area contributed by atoms with Crippen LogP contribution in [-0.2, 0) is 11.3 Å². The fourth-order valence-electron chi connectivity index (χ4n) is 4.30. The van der Waals surface area contributed by atoms with Crippen LogP contribution < -0.4 is 10.1 Å². The number of aryl methyl sites for hydroxylation is 1. The van der Waals surface area contributed by atoms with Gasteiger partial charge in [0.2, 0.25) is 0 Å². The van der Waals surface area contributed by atoms with Crippen molar-refractivity contribution in [1.29, 1.82) is 0 Å². The zero-order chi connectivity index (χ0) is 20.9. The van der Waals surface area contributed by atoms with Gasteiger partial charge in [-0.05, 0) is 49.1 Å². The molecule has 4 rings (SSSR count). The highest BCUT2D eigenvalue weighted by Crippen LogP contribution is 2.27. The molecule has 2 saturated heterocycles. The van der Waals surface area contributed by atoms with E-state index in [4.69, 9.17) is 9.47 Å². The number of nitrogens with zero attached hydrogens (tertiary/aromatic N) is 2. The van der Waals surface area contributed by atoms with Crippen LogP contribution >= 0.6 is 0 Å². The summed E-state index contributed by atoms with van der Waals surface area (Å²) in [6.45, 7) is 6.05. The van der Waals surface area contributed by atoms with Gasteiger partial charge in [-0.1, -0.05) is 30.3 Å². The third kappa shape index (κ3) is 4.77. The lowest BCUT2D eigenvalue weighted by Gasteiger charge is -2.49. The smallest absolute Gasteiger partial charge is 0.321 e. The van der Waals surface area contributed by atoms with E-state index in [-0.39, 0.29) is 6.03 Å². The van der Waals surface area contributed by atoms with Gasteiger partial charge in [0.05, 0.1) is 7.11 Å². The van der Waals surface area contributed by atoms with E-state index >= 15 is 0 Å². The summed E-state index contributed by atoms with van der Waals surface area (Å²) in [6.07, 6.45) is 2.11. The zero-order valence-electron chi connectivity index (χ0n) is 17.8. The predicted molar refractivity (Wildman–Crippen MR) is 118 cm³/mol. The van der Waals surface area contributed by atoms with Crippen molar-refractivity contribution in [2.24, 2.45) is 0 Å². The Labute approximate surface area is 178 Å². The Bertz CT molecular complexity index is 846. The molecule has 0 unspecified atom stereocenters. The van der Waals surface area contributed by atoms with Crippen molar-refractivity contribution in [3.05, 3.63) is 59.7 Å². The standard InChI is InChI=1S/C24H31N3O3/c1-18-14-22(29-2)8-9-23(18)25-24(28)26-16-21(17-26)27(20-10-12-30-13-11-20)15-19-6-4-3-5-7-19/h3-9,14,20-21H,10-13,15-17H2,1-2H3,(H,25,28). The van der Waals surface area contributed by atoms with Crippen LogP contribution in [0.15, 0.2) is 48.5 Å². The molecule has 2 aromatic carbocycles. The SMILES string of the molecule is COc1ccc(NC(=O)N2CC(N(Cc3ccccc3)C3CCOCC3)C2)c(C)c1. The van der Waals surface area contributed by atoms with E-state index in [1.165, 1.54) is 5.56 Å². The summed E-state index contributed by atoms with van der Waals surface area (Å²) >= 11 is 0. The van der Waals surface area contributed by atoms with Gasteiger partial charge >= 0.3 is 6.03 Å². The first-order chi connectivity index (χ1) is 14.6. The molecular weight excluding hydrogens is 378 g/mol. The molecule has 2 aliphatic heterocycles. The number of carbonyl (C=O) groups is 1. The van der Waals surface area contributed by atoms with Crippen LogP contribution in [0, 0.1) is 6.92 Å². The molecule has 0 aromatic heterocycles. The first kappa shape index (κ1) is 20.7. The Morgan fingerprint density at radius 2 is 1.87 bits per heavy atom. The van der Waals surface area contributed by atoms with Gasteiger partial charge in [-0.2, -0.15) is 0 Å². The molecule has 2 fully saturated rings. The molecule has 6 nitrogen and oxygen atoms in total. The normalized spacial score (nSPS) is 17.6. The average molecular weight is 410 g/mol. The van der Waals surface area contributed by atoms with Crippen molar-refractivity contribution >= 4 is 11.7 Å². The highest BCUT2D eigenvalue weighted by Gasteiger charge is 2.38. The van der Waals surface area contributed by atoms with Gasteiger partial charge in [0, 0.05) is 50.6 Å². The second-order valence-corrected chi connectivity index (χ2v) is 8.17. The van der Waals surface area contributed by atoms with E-state index in [9.17, 15) is 4.79 Å². The number of methoxy groups -OCH3 is 1. The molecule has 0 saturated carbocycles. The van der Waals surface area contributed by atoms with Crippen molar-refractivity contribution in [1.82, 2.24) is 9.80 Å². The molecule has 30 heavy (non-hydrogen) atoms. The Kier molecular flexibility index (Phi) is 6.55. The summed E-state index contributed by atoms with van der Waals surface area (Å²) in [4.78, 5) is 17.2. The topological polar surface area (TPSA) is 54.0 Å². The molecule has 2 amide bonds. The Morgan fingerprint density at radius 1 is 1.13 bits per heavy atom. The summed E-state index contributed by atoms with van der Waals surface area (Å²) in [5, 5.41) is 3.05. The third-order valence-corrected chi connectivity index (χ3v) is 6.16. The number of rotatable bonds is 6. The third-order valence-electron chi connectivity index (χ3n) is 6.16. The first-order valence-electron chi connectivity index (χ1n) is 10.7. The molecule has 160 valence electrons. The minimum Gasteiger partial charge on any atom is -0.497 e. The molecule has 6 heteroatoms. The van der Waals surface area contributed by atoms with Crippen LogP contribution in [0.25, 0.3) is 0 Å². The van der Waals surface area contributed by atoms with Gasteiger partial charge in [0.25, 0.3) is 0 Å². The fourth-order valence-corrected chi connectivity index (χ4v) is 4.30. The number of benzene rings is 2. The summed E-state index contributed by atoms with van der Waals surface area (Å²) in [6, 6.07) is 17.2. The van der Waals surface area contributed by atoms with Crippen LogP contribution in [0.5, 0.6) is 5.75 Å². The molecule has 2 aliphatic rings. The molecule has 0 bridgehead atoms. The lowest BCUT2D eigenvalue weighted by atomic mass is 9.99. The van der Waals surface area contributed by atoms with Crippen molar-refractivity contribution in [2.75, 3.05) is 38.7 Å². The number of carbonyl (C=O) groups excluding carboxylic acids is 1. The quantitative estimate of drug-likeness (QED) is 0.786. The van der Waals surface area contributed by atoms with Gasteiger partial charge in [-0.3, -0.25) is 4.90 Å². The van der Waals surface area contributed by atoms with Crippen LogP contribution in [-0.4, -0.2) is 61.3 Å². The molecule has 0 atom stereocenters. The summed E-state index contributed by atoms with van der Waals surface area (Å²) in [5.74, 6) is 0.794. The van der Waals surface area contributed by atoms with E-state index in [2.05, 4.69) is 40.5 Å². The number of hydrogen-bond donors (Lipinski definition) is 1. The van der Waals surface area contributed by atoms with Crippen molar-refractivity contribution in [3.63, 3.8) is 0 Å². The van der Waals surface area contributed by atoms with Crippen LogP contribution in [0.1, 0.15) is 24.0 Å². The number of ether oxygens (including phenoxy) is 2. The highest BCUT2D eigenvalue weighted by atomic mass is 16.5. The van der Waals surface area contributed by atoms with E-state index in [0.29, 0.717) is 12.1 Å². The molecule has 0 aliphatic carbocycles. The minimum atomic E-state index is -0.0360.